The van der Waals surface area contributed by atoms with Crippen LogP contribution < -0.4 is 0 Å². The average Bonchev–Trinajstić information content (AvgIpc) is 2.42. The SMILES string of the molecule is CCCCCCC(O)C(=O)c1cccc(C(=O)O)c1. The van der Waals surface area contributed by atoms with Gasteiger partial charge in [-0.05, 0) is 18.6 Å². The Kier molecular flexibility index (Phi) is 6.22. The number of Topliss-reactive ketones (excluding diaryl/α,β-unsaturated/α-hetero) is 1. The molecule has 0 radical (unpaired) electrons. The fourth-order valence-electron chi connectivity index (χ4n) is 1.89. The average molecular weight is 264 g/mol. The van der Waals surface area contributed by atoms with Crippen LogP contribution in [-0.2, 0) is 0 Å². The monoisotopic (exact) mass is 264 g/mol. The molecular weight excluding hydrogens is 244 g/mol. The van der Waals surface area contributed by atoms with Crippen LogP contribution in [0.2, 0.25) is 0 Å². The van der Waals surface area contributed by atoms with Crippen LogP contribution in [0.4, 0.5) is 0 Å². The fourth-order valence-corrected chi connectivity index (χ4v) is 1.89. The molecule has 1 unspecified atom stereocenters. The van der Waals surface area contributed by atoms with Crippen molar-refractivity contribution in [3.8, 4) is 0 Å². The van der Waals surface area contributed by atoms with Crippen molar-refractivity contribution in [3.05, 3.63) is 35.4 Å². The number of carbonyl (C=O) groups excluding carboxylic acids is 1. The number of carboxylic acids is 1. The van der Waals surface area contributed by atoms with Gasteiger partial charge >= 0.3 is 5.97 Å². The van der Waals surface area contributed by atoms with E-state index >= 15 is 0 Å². The van der Waals surface area contributed by atoms with Gasteiger partial charge in [-0.1, -0.05) is 44.7 Å². The van der Waals surface area contributed by atoms with E-state index in [1.807, 2.05) is 0 Å². The minimum absolute atomic E-state index is 0.0593. The van der Waals surface area contributed by atoms with E-state index in [9.17, 15) is 14.7 Å². The van der Waals surface area contributed by atoms with Crippen molar-refractivity contribution in [2.45, 2.75) is 45.1 Å². The number of benzene rings is 1. The number of hydrogen-bond acceptors (Lipinski definition) is 3. The molecule has 1 atom stereocenters. The van der Waals surface area contributed by atoms with Gasteiger partial charge in [-0.3, -0.25) is 4.79 Å². The third kappa shape index (κ3) is 4.83. The zero-order valence-electron chi connectivity index (χ0n) is 11.1. The Morgan fingerprint density at radius 3 is 2.47 bits per heavy atom. The minimum atomic E-state index is -1.08. The Morgan fingerprint density at radius 2 is 1.84 bits per heavy atom. The molecule has 1 aromatic rings. The summed E-state index contributed by atoms with van der Waals surface area (Å²) in [6, 6.07) is 5.77. The van der Waals surface area contributed by atoms with Gasteiger partial charge < -0.3 is 10.2 Å². The summed E-state index contributed by atoms with van der Waals surface area (Å²) >= 11 is 0. The summed E-state index contributed by atoms with van der Waals surface area (Å²) < 4.78 is 0. The number of hydrogen-bond donors (Lipinski definition) is 2. The van der Waals surface area contributed by atoms with E-state index < -0.39 is 17.9 Å². The number of carboxylic acid groups (broad SMARTS) is 1. The molecule has 0 bridgehead atoms. The highest BCUT2D eigenvalue weighted by molar-refractivity contribution is 6.01. The lowest BCUT2D eigenvalue weighted by Gasteiger charge is -2.09. The summed E-state index contributed by atoms with van der Waals surface area (Å²) in [6.45, 7) is 2.10. The summed E-state index contributed by atoms with van der Waals surface area (Å²) in [5, 5.41) is 18.7. The van der Waals surface area contributed by atoms with Crippen molar-refractivity contribution in [2.75, 3.05) is 0 Å². The highest BCUT2D eigenvalue weighted by Gasteiger charge is 2.17. The van der Waals surface area contributed by atoms with Crippen molar-refractivity contribution in [1.29, 1.82) is 0 Å². The predicted octanol–water partition coefficient (Wildman–Crippen LogP) is 2.90. The maximum atomic E-state index is 11.9. The second kappa shape index (κ2) is 7.69. The third-order valence-corrected chi connectivity index (χ3v) is 3.03. The van der Waals surface area contributed by atoms with Crippen LogP contribution in [0.15, 0.2) is 24.3 Å². The molecular formula is C15H20O4. The molecule has 0 spiro atoms. The van der Waals surface area contributed by atoms with Gasteiger partial charge in [0.2, 0.25) is 0 Å². The van der Waals surface area contributed by atoms with Crippen molar-refractivity contribution in [2.24, 2.45) is 0 Å². The van der Waals surface area contributed by atoms with Crippen molar-refractivity contribution < 1.29 is 19.8 Å². The molecule has 4 nitrogen and oxygen atoms in total. The molecule has 0 fully saturated rings. The lowest BCUT2D eigenvalue weighted by molar-refractivity contribution is 0.0696. The van der Waals surface area contributed by atoms with Gasteiger partial charge in [0.1, 0.15) is 6.10 Å². The van der Waals surface area contributed by atoms with Gasteiger partial charge in [0, 0.05) is 5.56 Å². The maximum absolute atomic E-state index is 11.9. The molecule has 0 saturated heterocycles. The van der Waals surface area contributed by atoms with Crippen LogP contribution in [0.1, 0.15) is 59.7 Å². The van der Waals surface area contributed by atoms with Gasteiger partial charge in [0.25, 0.3) is 0 Å². The van der Waals surface area contributed by atoms with E-state index in [0.717, 1.165) is 25.7 Å². The van der Waals surface area contributed by atoms with Gasteiger partial charge in [-0.15, -0.1) is 0 Å². The first-order chi connectivity index (χ1) is 9.06. The molecule has 1 aromatic carbocycles. The lowest BCUT2D eigenvalue weighted by atomic mass is 9.99. The van der Waals surface area contributed by atoms with E-state index in [1.165, 1.54) is 24.3 Å². The smallest absolute Gasteiger partial charge is 0.335 e. The number of aromatic carboxylic acids is 1. The van der Waals surface area contributed by atoms with Crippen LogP contribution in [0.3, 0.4) is 0 Å². The highest BCUT2D eigenvalue weighted by Crippen LogP contribution is 2.12. The molecule has 0 amide bonds. The first-order valence-electron chi connectivity index (χ1n) is 6.62. The summed E-state index contributed by atoms with van der Waals surface area (Å²) in [4.78, 5) is 22.8. The van der Waals surface area contributed by atoms with E-state index in [2.05, 4.69) is 6.92 Å². The summed E-state index contributed by atoms with van der Waals surface area (Å²) in [6.07, 6.45) is 3.38. The summed E-state index contributed by atoms with van der Waals surface area (Å²) in [7, 11) is 0. The van der Waals surface area contributed by atoms with Crippen LogP contribution in [0.5, 0.6) is 0 Å². The second-order valence-electron chi connectivity index (χ2n) is 4.62. The zero-order valence-corrected chi connectivity index (χ0v) is 11.1. The first kappa shape index (κ1) is 15.4. The quantitative estimate of drug-likeness (QED) is 0.559. The lowest BCUT2D eigenvalue weighted by Crippen LogP contribution is -2.20. The normalized spacial score (nSPS) is 12.1. The number of aliphatic hydroxyl groups excluding tert-OH is 1. The van der Waals surface area contributed by atoms with Gasteiger partial charge in [0.05, 0.1) is 5.56 Å². The molecule has 4 heteroatoms. The Balaban J connectivity index is 2.61. The van der Waals surface area contributed by atoms with Crippen LogP contribution >= 0.6 is 0 Å². The Labute approximate surface area is 113 Å². The number of unbranched alkanes of at least 4 members (excludes halogenated alkanes) is 3. The molecule has 0 aromatic heterocycles. The third-order valence-electron chi connectivity index (χ3n) is 3.03. The van der Waals surface area contributed by atoms with Gasteiger partial charge in [0.15, 0.2) is 5.78 Å². The fraction of sp³-hybridized carbons (Fsp3) is 0.467. The Bertz CT molecular complexity index is 440. The molecule has 0 saturated carbocycles. The van der Waals surface area contributed by atoms with Crippen molar-refractivity contribution >= 4 is 11.8 Å². The molecule has 19 heavy (non-hydrogen) atoms. The highest BCUT2D eigenvalue weighted by atomic mass is 16.4. The van der Waals surface area contributed by atoms with E-state index in [0.29, 0.717) is 6.42 Å². The molecule has 2 N–H and O–H groups in total. The largest absolute Gasteiger partial charge is 0.478 e. The zero-order chi connectivity index (χ0) is 14.3. The Hall–Kier alpha value is -1.68. The molecule has 1 rings (SSSR count). The number of aliphatic hydroxyl groups is 1. The van der Waals surface area contributed by atoms with Crippen molar-refractivity contribution in [1.82, 2.24) is 0 Å². The predicted molar refractivity (Wildman–Crippen MR) is 72.5 cm³/mol. The molecule has 104 valence electrons. The van der Waals surface area contributed by atoms with Crippen LogP contribution in [0, 0.1) is 0 Å². The summed E-state index contributed by atoms with van der Waals surface area (Å²) in [5.41, 5.74) is 0.312. The summed E-state index contributed by atoms with van der Waals surface area (Å²) in [5.74, 6) is -1.48. The molecule has 0 aliphatic carbocycles. The van der Waals surface area contributed by atoms with Crippen molar-refractivity contribution in [3.63, 3.8) is 0 Å². The van der Waals surface area contributed by atoms with E-state index in [4.69, 9.17) is 5.11 Å². The van der Waals surface area contributed by atoms with E-state index in [-0.39, 0.29) is 11.1 Å². The minimum Gasteiger partial charge on any atom is -0.478 e. The van der Waals surface area contributed by atoms with Gasteiger partial charge in [-0.2, -0.15) is 0 Å². The maximum Gasteiger partial charge on any atom is 0.335 e. The molecule has 0 heterocycles. The molecule has 0 aliphatic rings. The number of rotatable bonds is 8. The Morgan fingerprint density at radius 1 is 1.16 bits per heavy atom. The number of ketones is 1. The molecule has 0 aliphatic heterocycles. The topological polar surface area (TPSA) is 74.6 Å². The van der Waals surface area contributed by atoms with Crippen LogP contribution in [0.25, 0.3) is 0 Å². The van der Waals surface area contributed by atoms with Gasteiger partial charge in [-0.25, -0.2) is 4.79 Å². The standard InChI is InChI=1S/C15H20O4/c1-2-3-4-5-9-13(16)14(17)11-7-6-8-12(10-11)15(18)19/h6-8,10,13,16H,2-5,9H2,1H3,(H,18,19). The first-order valence-corrected chi connectivity index (χ1v) is 6.62. The van der Waals surface area contributed by atoms with E-state index in [1.54, 1.807) is 0 Å². The number of carbonyl (C=O) groups is 2. The van der Waals surface area contributed by atoms with Crippen LogP contribution in [-0.4, -0.2) is 28.1 Å². The second-order valence-corrected chi connectivity index (χ2v) is 4.62.